The van der Waals surface area contributed by atoms with E-state index < -0.39 is 0 Å². The summed E-state index contributed by atoms with van der Waals surface area (Å²) < 4.78 is 26.6. The minimum absolute atomic E-state index is 0.234. The average Bonchev–Trinajstić information content (AvgIpc) is 2.61. The van der Waals surface area contributed by atoms with E-state index in [0.717, 1.165) is 40.6 Å². The summed E-state index contributed by atoms with van der Waals surface area (Å²) in [5.74, 6) is -0.564. The van der Waals surface area contributed by atoms with Crippen LogP contribution in [0.15, 0.2) is 72.3 Å². The number of carbonyl (C=O) groups excluding carboxylic acids is 1. The number of carbonyl (C=O) groups is 1. The van der Waals surface area contributed by atoms with Crippen LogP contribution in [0.25, 0.3) is 11.1 Å². The molecule has 0 aromatic heterocycles. The standard InChI is InChI=1S/C23H20F2O/c1-23(2)15-18(16-5-9-19(24)10-6-16)14-21(22(23)4-3-13-26)17-7-11-20(25)12-8-17/h3-14H,15H2,1-2H3. The van der Waals surface area contributed by atoms with Crippen molar-refractivity contribution >= 4 is 17.4 Å². The SMILES string of the molecule is CC1(C)CC(c2ccc(F)cc2)=CC(c2ccc(F)cc2)=C1C=CC=O. The second kappa shape index (κ2) is 7.20. The smallest absolute Gasteiger partial charge is 0.142 e. The van der Waals surface area contributed by atoms with Crippen molar-refractivity contribution in [3.8, 4) is 0 Å². The molecule has 0 aliphatic heterocycles. The van der Waals surface area contributed by atoms with Gasteiger partial charge in [0.2, 0.25) is 0 Å². The molecule has 3 rings (SSSR count). The van der Waals surface area contributed by atoms with Crippen LogP contribution >= 0.6 is 0 Å². The molecule has 132 valence electrons. The Balaban J connectivity index is 2.19. The zero-order valence-corrected chi connectivity index (χ0v) is 14.8. The van der Waals surface area contributed by atoms with Gasteiger partial charge >= 0.3 is 0 Å². The number of benzene rings is 2. The molecule has 0 spiro atoms. The van der Waals surface area contributed by atoms with Gasteiger partial charge in [0.15, 0.2) is 0 Å². The van der Waals surface area contributed by atoms with E-state index in [9.17, 15) is 13.6 Å². The highest BCUT2D eigenvalue weighted by Crippen LogP contribution is 2.46. The summed E-state index contributed by atoms with van der Waals surface area (Å²) in [6.07, 6.45) is 6.86. The van der Waals surface area contributed by atoms with Crippen LogP contribution in [0.5, 0.6) is 0 Å². The highest BCUT2D eigenvalue weighted by molar-refractivity contribution is 5.90. The van der Waals surface area contributed by atoms with Gasteiger partial charge in [0, 0.05) is 0 Å². The largest absolute Gasteiger partial charge is 0.299 e. The Kier molecular flexibility index (Phi) is 4.99. The van der Waals surface area contributed by atoms with E-state index in [1.54, 1.807) is 24.3 Å². The second-order valence-electron chi connectivity index (χ2n) is 7.07. The Labute approximate surface area is 152 Å². The zero-order valence-electron chi connectivity index (χ0n) is 14.8. The quantitative estimate of drug-likeness (QED) is 0.489. The van der Waals surface area contributed by atoms with Gasteiger partial charge in [-0.2, -0.15) is 0 Å². The van der Waals surface area contributed by atoms with Crippen LogP contribution in [0.2, 0.25) is 0 Å². The van der Waals surface area contributed by atoms with E-state index in [4.69, 9.17) is 0 Å². The molecule has 0 heterocycles. The Morgan fingerprint density at radius 2 is 1.42 bits per heavy atom. The minimum Gasteiger partial charge on any atom is -0.299 e. The number of hydrogen-bond acceptors (Lipinski definition) is 1. The van der Waals surface area contributed by atoms with Gasteiger partial charge in [-0.3, -0.25) is 4.79 Å². The molecule has 0 unspecified atom stereocenters. The maximum absolute atomic E-state index is 13.4. The fourth-order valence-electron chi connectivity index (χ4n) is 3.41. The highest BCUT2D eigenvalue weighted by atomic mass is 19.1. The lowest BCUT2D eigenvalue weighted by Gasteiger charge is -2.34. The second-order valence-corrected chi connectivity index (χ2v) is 7.07. The number of hydrogen-bond donors (Lipinski definition) is 0. The van der Waals surface area contributed by atoms with E-state index in [1.165, 1.54) is 30.3 Å². The summed E-state index contributed by atoms with van der Waals surface area (Å²) in [7, 11) is 0. The number of aldehydes is 1. The maximum atomic E-state index is 13.4. The lowest BCUT2D eigenvalue weighted by atomic mass is 9.70. The van der Waals surface area contributed by atoms with Crippen LogP contribution < -0.4 is 0 Å². The van der Waals surface area contributed by atoms with Crippen molar-refractivity contribution in [2.24, 2.45) is 5.41 Å². The Hall–Kier alpha value is -2.81. The first-order valence-corrected chi connectivity index (χ1v) is 8.50. The number of halogens is 2. The molecule has 0 N–H and O–H groups in total. The highest BCUT2D eigenvalue weighted by Gasteiger charge is 2.30. The van der Waals surface area contributed by atoms with Crippen molar-refractivity contribution in [1.29, 1.82) is 0 Å². The molecule has 0 atom stereocenters. The van der Waals surface area contributed by atoms with Gasteiger partial charge in [0.25, 0.3) is 0 Å². The molecule has 1 aliphatic carbocycles. The first kappa shape index (κ1) is 18.0. The van der Waals surface area contributed by atoms with Crippen LogP contribution in [0.4, 0.5) is 8.78 Å². The van der Waals surface area contributed by atoms with E-state index in [1.807, 2.05) is 6.08 Å². The first-order valence-electron chi connectivity index (χ1n) is 8.50. The summed E-state index contributed by atoms with van der Waals surface area (Å²) in [6.45, 7) is 4.22. The average molecular weight is 350 g/mol. The van der Waals surface area contributed by atoms with Crippen molar-refractivity contribution in [3.05, 3.63) is 95.1 Å². The molecule has 0 bridgehead atoms. The molecular weight excluding hydrogens is 330 g/mol. The molecule has 0 radical (unpaired) electrons. The molecule has 2 aromatic rings. The monoisotopic (exact) mass is 350 g/mol. The van der Waals surface area contributed by atoms with Crippen LogP contribution in [0, 0.1) is 17.0 Å². The lowest BCUT2D eigenvalue weighted by Crippen LogP contribution is -2.19. The van der Waals surface area contributed by atoms with E-state index in [0.29, 0.717) is 0 Å². The fraction of sp³-hybridized carbons (Fsp3) is 0.174. The predicted molar refractivity (Wildman–Crippen MR) is 101 cm³/mol. The third-order valence-electron chi connectivity index (χ3n) is 4.68. The molecule has 0 fully saturated rings. The van der Waals surface area contributed by atoms with Crippen molar-refractivity contribution in [3.63, 3.8) is 0 Å². The topological polar surface area (TPSA) is 17.1 Å². The van der Waals surface area contributed by atoms with Gasteiger partial charge in [-0.15, -0.1) is 0 Å². The summed E-state index contributed by atoms with van der Waals surface area (Å²) in [6, 6.07) is 12.8. The van der Waals surface area contributed by atoms with Crippen molar-refractivity contribution in [2.75, 3.05) is 0 Å². The van der Waals surface area contributed by atoms with Crippen LogP contribution in [-0.4, -0.2) is 6.29 Å². The molecule has 1 nitrogen and oxygen atoms in total. The van der Waals surface area contributed by atoms with Gasteiger partial charge in [0.1, 0.15) is 17.9 Å². The van der Waals surface area contributed by atoms with Gasteiger partial charge in [0.05, 0.1) is 0 Å². The van der Waals surface area contributed by atoms with E-state index in [2.05, 4.69) is 19.9 Å². The van der Waals surface area contributed by atoms with Crippen molar-refractivity contribution < 1.29 is 13.6 Å². The molecule has 3 heteroatoms. The minimum atomic E-state index is -0.294. The molecule has 0 saturated carbocycles. The van der Waals surface area contributed by atoms with Crippen molar-refractivity contribution in [2.45, 2.75) is 20.3 Å². The van der Waals surface area contributed by atoms with Crippen LogP contribution in [0.1, 0.15) is 31.4 Å². The van der Waals surface area contributed by atoms with Crippen LogP contribution in [0.3, 0.4) is 0 Å². The molecule has 2 aromatic carbocycles. The molecule has 26 heavy (non-hydrogen) atoms. The molecule has 0 saturated heterocycles. The summed E-state index contributed by atoms with van der Waals surface area (Å²) in [5.41, 5.74) is 4.64. The third kappa shape index (κ3) is 3.72. The normalized spacial score (nSPS) is 16.7. The summed E-state index contributed by atoms with van der Waals surface area (Å²) >= 11 is 0. The number of allylic oxidation sites excluding steroid dienone is 6. The van der Waals surface area contributed by atoms with Gasteiger partial charge in [-0.05, 0) is 70.0 Å². The third-order valence-corrected chi connectivity index (χ3v) is 4.68. The fourth-order valence-corrected chi connectivity index (χ4v) is 3.41. The van der Waals surface area contributed by atoms with Gasteiger partial charge in [-0.1, -0.05) is 50.3 Å². The van der Waals surface area contributed by atoms with Crippen molar-refractivity contribution in [1.82, 2.24) is 0 Å². The zero-order chi connectivity index (χ0) is 18.7. The predicted octanol–water partition coefficient (Wildman–Crippen LogP) is 5.99. The maximum Gasteiger partial charge on any atom is 0.142 e. The Morgan fingerprint density at radius 3 is 1.96 bits per heavy atom. The summed E-state index contributed by atoms with van der Waals surface area (Å²) in [5, 5.41) is 0. The van der Waals surface area contributed by atoms with Gasteiger partial charge < -0.3 is 0 Å². The van der Waals surface area contributed by atoms with E-state index >= 15 is 0 Å². The van der Waals surface area contributed by atoms with Crippen LogP contribution in [-0.2, 0) is 4.79 Å². The Bertz CT molecular complexity index is 898. The first-order chi connectivity index (χ1) is 12.4. The van der Waals surface area contributed by atoms with E-state index in [-0.39, 0.29) is 17.0 Å². The lowest BCUT2D eigenvalue weighted by molar-refractivity contribution is -0.104. The Morgan fingerprint density at radius 1 is 0.885 bits per heavy atom. The number of rotatable bonds is 4. The summed E-state index contributed by atoms with van der Waals surface area (Å²) in [4.78, 5) is 10.9. The molecule has 0 amide bonds. The molecular formula is C23H20F2O. The van der Waals surface area contributed by atoms with Gasteiger partial charge in [-0.25, -0.2) is 8.78 Å². The molecule has 1 aliphatic rings.